The van der Waals surface area contributed by atoms with Crippen molar-refractivity contribution in [2.24, 2.45) is 0 Å². The Kier molecular flexibility index (Phi) is 4.94. The number of rotatable bonds is 2. The lowest BCUT2D eigenvalue weighted by molar-refractivity contribution is -0.163. The first-order valence-corrected chi connectivity index (χ1v) is 7.55. The molecule has 1 fully saturated rings. The van der Waals surface area contributed by atoms with Gasteiger partial charge in [-0.2, -0.15) is 0 Å². The molecule has 1 aliphatic rings. The zero-order valence-corrected chi connectivity index (χ0v) is 13.9. The molecule has 0 bridgehead atoms. The minimum atomic E-state index is -0.612. The molecule has 1 aliphatic heterocycles. The van der Waals surface area contributed by atoms with Gasteiger partial charge in [0.1, 0.15) is 5.60 Å². The lowest BCUT2D eigenvalue weighted by atomic mass is 9.90. The van der Waals surface area contributed by atoms with Crippen LogP contribution >= 0.6 is 11.6 Å². The van der Waals surface area contributed by atoms with Crippen LogP contribution < -0.4 is 5.32 Å². The fourth-order valence-corrected chi connectivity index (χ4v) is 2.53. The summed E-state index contributed by atoms with van der Waals surface area (Å²) in [6.07, 6.45) is -0.451. The third-order valence-electron chi connectivity index (χ3n) is 3.13. The number of carbonyl (C=O) groups is 3. The number of benzene rings is 1. The van der Waals surface area contributed by atoms with E-state index in [0.717, 1.165) is 0 Å². The van der Waals surface area contributed by atoms with E-state index < -0.39 is 23.6 Å². The van der Waals surface area contributed by atoms with E-state index in [9.17, 15) is 14.4 Å². The van der Waals surface area contributed by atoms with Crippen LogP contribution in [0.1, 0.15) is 45.1 Å². The maximum absolute atomic E-state index is 11.8. The molecule has 7 heteroatoms. The molecule has 2 rings (SSSR count). The maximum Gasteiger partial charge on any atom is 0.412 e. The summed E-state index contributed by atoms with van der Waals surface area (Å²) < 4.78 is 9.70. The number of carbonyl (C=O) groups excluding carboxylic acids is 3. The van der Waals surface area contributed by atoms with Crippen molar-refractivity contribution < 1.29 is 23.9 Å². The average Bonchev–Trinajstić information content (AvgIpc) is 2.37. The molecule has 1 amide bonds. The number of hydrogen-bond donors (Lipinski definition) is 1. The Morgan fingerprint density at radius 1 is 1.26 bits per heavy atom. The average molecular weight is 340 g/mol. The summed E-state index contributed by atoms with van der Waals surface area (Å²) >= 11 is 6.16. The van der Waals surface area contributed by atoms with Crippen LogP contribution in [-0.2, 0) is 19.1 Å². The highest BCUT2D eigenvalue weighted by Gasteiger charge is 2.30. The van der Waals surface area contributed by atoms with Crippen molar-refractivity contribution in [2.75, 3.05) is 5.32 Å². The molecular weight excluding hydrogens is 322 g/mol. The minimum absolute atomic E-state index is 0.0708. The first-order valence-electron chi connectivity index (χ1n) is 7.17. The molecule has 0 atom stereocenters. The second-order valence-corrected chi connectivity index (χ2v) is 6.72. The molecule has 0 spiro atoms. The monoisotopic (exact) mass is 339 g/mol. The van der Waals surface area contributed by atoms with Gasteiger partial charge in [0.15, 0.2) is 0 Å². The predicted molar refractivity (Wildman–Crippen MR) is 84.4 cm³/mol. The van der Waals surface area contributed by atoms with E-state index in [4.69, 9.17) is 16.3 Å². The summed E-state index contributed by atoms with van der Waals surface area (Å²) in [5.41, 5.74) is 0.481. The van der Waals surface area contributed by atoms with Crippen molar-refractivity contribution in [1.29, 1.82) is 0 Å². The summed E-state index contributed by atoms with van der Waals surface area (Å²) in [6, 6.07) is 4.87. The Balaban J connectivity index is 2.17. The highest BCUT2D eigenvalue weighted by atomic mass is 35.5. The molecule has 23 heavy (non-hydrogen) atoms. The fourth-order valence-electron chi connectivity index (χ4n) is 2.26. The van der Waals surface area contributed by atoms with Gasteiger partial charge in [0, 0.05) is 16.6 Å². The lowest BCUT2D eigenvalue weighted by Crippen LogP contribution is -2.27. The van der Waals surface area contributed by atoms with Gasteiger partial charge in [-0.25, -0.2) is 4.79 Å². The van der Waals surface area contributed by atoms with Crippen molar-refractivity contribution in [3.63, 3.8) is 0 Å². The Hall–Kier alpha value is -2.08. The molecule has 0 aromatic heterocycles. The number of esters is 2. The van der Waals surface area contributed by atoms with Crippen LogP contribution in [-0.4, -0.2) is 23.6 Å². The molecule has 6 nitrogen and oxygen atoms in total. The van der Waals surface area contributed by atoms with Crippen molar-refractivity contribution in [3.05, 3.63) is 28.8 Å². The van der Waals surface area contributed by atoms with Crippen LogP contribution in [0.25, 0.3) is 0 Å². The lowest BCUT2D eigenvalue weighted by Gasteiger charge is -2.22. The standard InChI is InChI=1S/C16H18ClNO5/c1-16(2,3)23-15(21)18-10-4-5-12(17)11(8-10)9-6-13(19)22-14(20)7-9/h4-5,8-9H,6-7H2,1-3H3,(H,18,21). The Labute approximate surface area is 139 Å². The quantitative estimate of drug-likeness (QED) is 0.657. The highest BCUT2D eigenvalue weighted by molar-refractivity contribution is 6.31. The van der Waals surface area contributed by atoms with Crippen LogP contribution in [0.2, 0.25) is 5.02 Å². The summed E-state index contributed by atoms with van der Waals surface area (Å²) in [6.45, 7) is 5.29. The Bertz CT molecular complexity index is 634. The molecule has 0 saturated carbocycles. The van der Waals surface area contributed by atoms with E-state index in [0.29, 0.717) is 16.3 Å². The van der Waals surface area contributed by atoms with E-state index in [1.807, 2.05) is 0 Å². The number of hydrogen-bond acceptors (Lipinski definition) is 5. The summed E-state index contributed by atoms with van der Waals surface area (Å²) in [7, 11) is 0. The van der Waals surface area contributed by atoms with Crippen molar-refractivity contribution in [3.8, 4) is 0 Å². The molecule has 0 radical (unpaired) electrons. The van der Waals surface area contributed by atoms with Crippen LogP contribution in [0.3, 0.4) is 0 Å². The second kappa shape index (κ2) is 6.58. The molecule has 1 aromatic rings. The molecular formula is C16H18ClNO5. The van der Waals surface area contributed by atoms with Gasteiger partial charge < -0.3 is 9.47 Å². The molecule has 124 valence electrons. The molecule has 1 aromatic carbocycles. The molecule has 1 N–H and O–H groups in total. The van der Waals surface area contributed by atoms with Gasteiger partial charge in [0.05, 0.1) is 12.8 Å². The third-order valence-corrected chi connectivity index (χ3v) is 3.48. The number of halogens is 1. The van der Waals surface area contributed by atoms with Gasteiger partial charge in [-0.05, 0) is 44.5 Å². The van der Waals surface area contributed by atoms with Crippen LogP contribution in [0, 0.1) is 0 Å². The molecule has 1 heterocycles. The fraction of sp³-hybridized carbons (Fsp3) is 0.438. The zero-order valence-electron chi connectivity index (χ0n) is 13.1. The number of cyclic esters (lactones) is 2. The van der Waals surface area contributed by atoms with Gasteiger partial charge in [-0.3, -0.25) is 14.9 Å². The third kappa shape index (κ3) is 4.96. The first kappa shape index (κ1) is 17.3. The largest absolute Gasteiger partial charge is 0.444 e. The van der Waals surface area contributed by atoms with Crippen LogP contribution in [0.5, 0.6) is 0 Å². The number of anilines is 1. The van der Waals surface area contributed by atoms with E-state index >= 15 is 0 Å². The van der Waals surface area contributed by atoms with Crippen LogP contribution in [0.15, 0.2) is 18.2 Å². The first-order chi connectivity index (χ1) is 10.6. The van der Waals surface area contributed by atoms with Gasteiger partial charge in [-0.15, -0.1) is 0 Å². The highest BCUT2D eigenvalue weighted by Crippen LogP contribution is 2.34. The zero-order chi connectivity index (χ0) is 17.2. The van der Waals surface area contributed by atoms with E-state index in [2.05, 4.69) is 10.1 Å². The van der Waals surface area contributed by atoms with Gasteiger partial charge >= 0.3 is 18.0 Å². The summed E-state index contributed by atoms with van der Waals surface area (Å²) in [4.78, 5) is 34.6. The summed E-state index contributed by atoms with van der Waals surface area (Å²) in [5, 5.41) is 3.03. The Morgan fingerprint density at radius 2 is 1.87 bits per heavy atom. The van der Waals surface area contributed by atoms with E-state index in [-0.39, 0.29) is 18.8 Å². The number of nitrogens with one attached hydrogen (secondary N) is 1. The van der Waals surface area contributed by atoms with Gasteiger partial charge in [0.2, 0.25) is 0 Å². The van der Waals surface area contributed by atoms with Crippen molar-refractivity contribution >= 4 is 35.3 Å². The van der Waals surface area contributed by atoms with Crippen molar-refractivity contribution in [1.82, 2.24) is 0 Å². The molecule has 0 aliphatic carbocycles. The summed E-state index contributed by atoms with van der Waals surface area (Å²) in [5.74, 6) is -1.52. The minimum Gasteiger partial charge on any atom is -0.444 e. The topological polar surface area (TPSA) is 81.7 Å². The number of ether oxygens (including phenoxy) is 2. The molecule has 0 unspecified atom stereocenters. The molecule has 1 saturated heterocycles. The normalized spacial score (nSPS) is 16.0. The van der Waals surface area contributed by atoms with Gasteiger partial charge in [0.25, 0.3) is 0 Å². The van der Waals surface area contributed by atoms with Gasteiger partial charge in [-0.1, -0.05) is 11.6 Å². The smallest absolute Gasteiger partial charge is 0.412 e. The maximum atomic E-state index is 11.8. The van der Waals surface area contributed by atoms with E-state index in [1.165, 1.54) is 0 Å². The number of amides is 1. The second-order valence-electron chi connectivity index (χ2n) is 6.31. The van der Waals surface area contributed by atoms with E-state index in [1.54, 1.807) is 39.0 Å². The predicted octanol–water partition coefficient (Wildman–Crippen LogP) is 3.63. The van der Waals surface area contributed by atoms with Crippen molar-refractivity contribution in [2.45, 2.75) is 45.1 Å². The SMILES string of the molecule is CC(C)(C)OC(=O)Nc1ccc(Cl)c(C2CC(=O)OC(=O)C2)c1. The Morgan fingerprint density at radius 3 is 2.43 bits per heavy atom. The van der Waals surface area contributed by atoms with Crippen LogP contribution in [0.4, 0.5) is 10.5 Å².